The van der Waals surface area contributed by atoms with Crippen molar-refractivity contribution in [2.24, 2.45) is 11.8 Å². The van der Waals surface area contributed by atoms with Crippen LogP contribution in [0, 0.1) is 11.8 Å². The van der Waals surface area contributed by atoms with Crippen LogP contribution in [0.25, 0.3) is 0 Å². The summed E-state index contributed by atoms with van der Waals surface area (Å²) in [7, 11) is 0. The normalized spacial score (nSPS) is 16.8. The van der Waals surface area contributed by atoms with E-state index in [0.29, 0.717) is 11.8 Å². The maximum Gasteiger partial charge on any atom is 0.0967 e. The second kappa shape index (κ2) is 8.77. The van der Waals surface area contributed by atoms with Gasteiger partial charge in [0.15, 0.2) is 0 Å². The lowest BCUT2D eigenvalue weighted by molar-refractivity contribution is 0.120. The van der Waals surface area contributed by atoms with Crippen LogP contribution >= 0.6 is 0 Å². The van der Waals surface area contributed by atoms with E-state index in [1.54, 1.807) is 0 Å². The van der Waals surface area contributed by atoms with Crippen LogP contribution < -0.4 is 0 Å². The summed E-state index contributed by atoms with van der Waals surface area (Å²) in [5, 5.41) is 8.56. The van der Waals surface area contributed by atoms with Gasteiger partial charge in [0.05, 0.1) is 17.7 Å². The van der Waals surface area contributed by atoms with Crippen molar-refractivity contribution >= 4 is 0 Å². The summed E-state index contributed by atoms with van der Waals surface area (Å²) in [6.07, 6.45) is 6.25. The van der Waals surface area contributed by atoms with Gasteiger partial charge in [-0.05, 0) is 11.8 Å². The number of aromatic nitrogens is 5. The van der Waals surface area contributed by atoms with Crippen molar-refractivity contribution in [1.82, 2.24) is 34.3 Å². The summed E-state index contributed by atoms with van der Waals surface area (Å²) >= 11 is 0. The maximum atomic E-state index is 4.56. The Labute approximate surface area is 157 Å². The molecule has 0 N–H and O–H groups in total. The monoisotopic (exact) mass is 359 g/mol. The molecule has 0 atom stereocenters. The van der Waals surface area contributed by atoms with Crippen molar-refractivity contribution in [2.45, 2.75) is 53.9 Å². The molecule has 0 unspecified atom stereocenters. The Morgan fingerprint density at radius 3 is 2.08 bits per heavy atom. The van der Waals surface area contributed by atoms with E-state index in [4.69, 9.17) is 0 Å². The highest BCUT2D eigenvalue weighted by atomic mass is 15.4. The molecule has 2 aromatic rings. The molecule has 3 heterocycles. The Balaban J connectivity index is 1.42. The predicted molar refractivity (Wildman–Crippen MR) is 102 cm³/mol. The van der Waals surface area contributed by atoms with Crippen molar-refractivity contribution in [3.05, 3.63) is 30.1 Å². The number of imidazole rings is 1. The molecule has 0 spiro atoms. The standard InChI is InChI=1S/C19H33N7/c1-16(2)9-25-12-18(20-15-25)11-23-5-7-24(8-6-23)13-19-14-26(22-21-19)10-17(3)4/h12,14-17H,5-11,13H2,1-4H3. The van der Waals surface area contributed by atoms with Gasteiger partial charge in [-0.2, -0.15) is 0 Å². The molecule has 3 rings (SSSR count). The largest absolute Gasteiger partial charge is 0.337 e. The first-order chi connectivity index (χ1) is 12.5. The number of hydrogen-bond acceptors (Lipinski definition) is 5. The Morgan fingerprint density at radius 1 is 0.846 bits per heavy atom. The topological polar surface area (TPSA) is 55.0 Å². The lowest BCUT2D eigenvalue weighted by Crippen LogP contribution is -2.45. The number of hydrogen-bond donors (Lipinski definition) is 0. The Kier molecular flexibility index (Phi) is 6.43. The summed E-state index contributed by atoms with van der Waals surface area (Å²) in [5.41, 5.74) is 2.25. The predicted octanol–water partition coefficient (Wildman–Crippen LogP) is 2.10. The summed E-state index contributed by atoms with van der Waals surface area (Å²) in [4.78, 5) is 9.53. The highest BCUT2D eigenvalue weighted by Gasteiger charge is 2.19. The van der Waals surface area contributed by atoms with Gasteiger partial charge in [0.1, 0.15) is 0 Å². The number of rotatable bonds is 8. The Bertz CT molecular complexity index is 607. The molecule has 7 heteroatoms. The van der Waals surface area contributed by atoms with Crippen LogP contribution in [0.4, 0.5) is 0 Å². The average Bonchev–Trinajstić information content (AvgIpc) is 3.18. The van der Waals surface area contributed by atoms with Crippen LogP contribution in [0.3, 0.4) is 0 Å². The third-order valence-electron chi connectivity index (χ3n) is 4.64. The quantitative estimate of drug-likeness (QED) is 0.722. The maximum absolute atomic E-state index is 4.56. The number of piperazine rings is 1. The first kappa shape index (κ1) is 19.0. The molecule has 1 aliphatic rings. The molecule has 2 aromatic heterocycles. The molecule has 1 aliphatic heterocycles. The van der Waals surface area contributed by atoms with Crippen LogP contribution in [0.1, 0.15) is 39.1 Å². The molecular formula is C19H33N7. The molecule has 1 fully saturated rings. The van der Waals surface area contributed by atoms with Gasteiger partial charge in [0.2, 0.25) is 0 Å². The molecule has 0 bridgehead atoms. The SMILES string of the molecule is CC(C)Cn1cnc(CN2CCN(Cc3cn(CC(C)C)nn3)CC2)c1. The van der Waals surface area contributed by atoms with Crippen LogP contribution in [0.2, 0.25) is 0 Å². The zero-order valence-corrected chi connectivity index (χ0v) is 16.7. The minimum atomic E-state index is 0.595. The third kappa shape index (κ3) is 5.64. The zero-order chi connectivity index (χ0) is 18.5. The molecule has 7 nitrogen and oxygen atoms in total. The third-order valence-corrected chi connectivity index (χ3v) is 4.64. The first-order valence-corrected chi connectivity index (χ1v) is 9.82. The van der Waals surface area contributed by atoms with Crippen molar-refractivity contribution in [3.8, 4) is 0 Å². The molecule has 0 aromatic carbocycles. The van der Waals surface area contributed by atoms with Crippen molar-refractivity contribution < 1.29 is 0 Å². The van der Waals surface area contributed by atoms with E-state index in [9.17, 15) is 0 Å². The van der Waals surface area contributed by atoms with Gasteiger partial charge in [0.25, 0.3) is 0 Å². The minimum Gasteiger partial charge on any atom is -0.337 e. The van der Waals surface area contributed by atoms with Crippen LogP contribution in [-0.2, 0) is 26.2 Å². The highest BCUT2D eigenvalue weighted by molar-refractivity contribution is 4.98. The van der Waals surface area contributed by atoms with Crippen molar-refractivity contribution in [2.75, 3.05) is 26.2 Å². The van der Waals surface area contributed by atoms with E-state index in [1.165, 1.54) is 5.69 Å². The van der Waals surface area contributed by atoms with Gasteiger partial charge in [-0.15, -0.1) is 5.10 Å². The molecule has 26 heavy (non-hydrogen) atoms. The average molecular weight is 360 g/mol. The Hall–Kier alpha value is -1.73. The highest BCUT2D eigenvalue weighted by Crippen LogP contribution is 2.10. The molecular weight excluding hydrogens is 326 g/mol. The van der Waals surface area contributed by atoms with E-state index in [0.717, 1.165) is 58.1 Å². The second-order valence-corrected chi connectivity index (χ2v) is 8.33. The fraction of sp³-hybridized carbons (Fsp3) is 0.737. The van der Waals surface area contributed by atoms with Crippen LogP contribution in [0.5, 0.6) is 0 Å². The molecule has 144 valence electrons. The first-order valence-electron chi connectivity index (χ1n) is 9.82. The van der Waals surface area contributed by atoms with E-state index in [-0.39, 0.29) is 0 Å². The van der Waals surface area contributed by atoms with Gasteiger partial charge in [-0.1, -0.05) is 32.9 Å². The lowest BCUT2D eigenvalue weighted by Gasteiger charge is -2.33. The van der Waals surface area contributed by atoms with Crippen molar-refractivity contribution in [3.63, 3.8) is 0 Å². The fourth-order valence-corrected chi connectivity index (χ4v) is 3.45. The Morgan fingerprint density at radius 2 is 1.46 bits per heavy atom. The van der Waals surface area contributed by atoms with E-state index < -0.39 is 0 Å². The van der Waals surface area contributed by atoms with Gasteiger partial charge in [0, 0.05) is 64.8 Å². The van der Waals surface area contributed by atoms with Crippen LogP contribution in [-0.4, -0.2) is 60.5 Å². The van der Waals surface area contributed by atoms with Gasteiger partial charge < -0.3 is 4.57 Å². The summed E-state index contributed by atoms with van der Waals surface area (Å²) < 4.78 is 4.17. The molecule has 0 saturated carbocycles. The fourth-order valence-electron chi connectivity index (χ4n) is 3.45. The van der Waals surface area contributed by atoms with E-state index >= 15 is 0 Å². The van der Waals surface area contributed by atoms with Gasteiger partial charge in [-0.3, -0.25) is 14.5 Å². The molecule has 0 radical (unpaired) electrons. The molecule has 1 saturated heterocycles. The molecule has 0 aliphatic carbocycles. The van der Waals surface area contributed by atoms with Crippen molar-refractivity contribution in [1.29, 1.82) is 0 Å². The van der Waals surface area contributed by atoms with Gasteiger partial charge >= 0.3 is 0 Å². The minimum absolute atomic E-state index is 0.595. The van der Waals surface area contributed by atoms with E-state index in [2.05, 4.69) is 69.8 Å². The summed E-state index contributed by atoms with van der Waals surface area (Å²) in [5.74, 6) is 1.25. The lowest BCUT2D eigenvalue weighted by atomic mass is 10.2. The van der Waals surface area contributed by atoms with E-state index in [1.807, 2.05) is 11.0 Å². The number of nitrogens with zero attached hydrogens (tertiary/aromatic N) is 7. The smallest absolute Gasteiger partial charge is 0.0967 e. The molecule has 0 amide bonds. The zero-order valence-electron chi connectivity index (χ0n) is 16.7. The van der Waals surface area contributed by atoms with Crippen LogP contribution in [0.15, 0.2) is 18.7 Å². The second-order valence-electron chi connectivity index (χ2n) is 8.33. The van der Waals surface area contributed by atoms with Gasteiger partial charge in [-0.25, -0.2) is 4.98 Å². The summed E-state index contributed by atoms with van der Waals surface area (Å²) in [6.45, 7) is 17.0. The summed E-state index contributed by atoms with van der Waals surface area (Å²) in [6, 6.07) is 0.